The van der Waals surface area contributed by atoms with Crippen LogP contribution in [0.25, 0.3) is 0 Å². The normalized spacial score (nSPS) is 12.5. The van der Waals surface area contributed by atoms with Gasteiger partial charge in [-0.05, 0) is 37.6 Å². The second kappa shape index (κ2) is 11.3. The van der Waals surface area contributed by atoms with Crippen molar-refractivity contribution < 1.29 is 27.5 Å². The Morgan fingerprint density at radius 1 is 1.06 bits per heavy atom. The van der Waals surface area contributed by atoms with Crippen LogP contribution in [0, 0.1) is 12.7 Å². The number of halogens is 4. The molecule has 2 aromatic carbocycles. The highest BCUT2D eigenvalue weighted by molar-refractivity contribution is 5.66. The number of alkyl halides is 3. The van der Waals surface area contributed by atoms with Gasteiger partial charge in [0.25, 0.3) is 5.56 Å². The molecule has 3 rings (SSSR count). The molecule has 0 saturated carbocycles. The number of nitrogens with zero attached hydrogens (tertiary/aromatic N) is 2. The summed E-state index contributed by atoms with van der Waals surface area (Å²) in [7, 11) is 0. The van der Waals surface area contributed by atoms with Crippen molar-refractivity contribution in [3.63, 3.8) is 0 Å². The van der Waals surface area contributed by atoms with E-state index in [1.807, 2.05) is 0 Å². The van der Waals surface area contributed by atoms with Crippen molar-refractivity contribution in [3.8, 4) is 0 Å². The molecule has 0 aliphatic rings. The minimum atomic E-state index is -4.83. The summed E-state index contributed by atoms with van der Waals surface area (Å²) < 4.78 is 56.7. The first-order valence-electron chi connectivity index (χ1n) is 11.1. The van der Waals surface area contributed by atoms with Crippen LogP contribution < -0.4 is 16.6 Å². The summed E-state index contributed by atoms with van der Waals surface area (Å²) in [6.45, 7) is 0.790. The van der Waals surface area contributed by atoms with Crippen LogP contribution in [0.5, 0.6) is 0 Å². The highest BCUT2D eigenvalue weighted by atomic mass is 19.4. The average Bonchev–Trinajstić information content (AvgIpc) is 2.81. The van der Waals surface area contributed by atoms with Gasteiger partial charge in [0.15, 0.2) is 0 Å². The summed E-state index contributed by atoms with van der Waals surface area (Å²) in [5.41, 5.74) is -2.64. The number of benzene rings is 2. The molecule has 1 atom stereocenters. The molecule has 0 bridgehead atoms. The molecule has 0 spiro atoms. The fraction of sp³-hybridized carbons (Fsp3) is 0.320. The van der Waals surface area contributed by atoms with Crippen LogP contribution in [-0.2, 0) is 24.1 Å². The van der Waals surface area contributed by atoms with Crippen LogP contribution in [0.3, 0.4) is 0 Å². The van der Waals surface area contributed by atoms with E-state index < -0.39 is 52.9 Å². The maximum Gasteiger partial charge on any atom is 0.416 e. The fourth-order valence-corrected chi connectivity index (χ4v) is 3.90. The highest BCUT2D eigenvalue weighted by Crippen LogP contribution is 2.33. The number of hydrogen-bond acceptors (Lipinski definition) is 4. The summed E-state index contributed by atoms with van der Waals surface area (Å²) in [5.74, 6) is -2.08. The Morgan fingerprint density at radius 3 is 2.39 bits per heavy atom. The lowest BCUT2D eigenvalue weighted by Gasteiger charge is -2.22. The zero-order chi connectivity index (χ0) is 26.5. The molecule has 192 valence electrons. The smallest absolute Gasteiger partial charge is 0.416 e. The molecule has 36 heavy (non-hydrogen) atoms. The van der Waals surface area contributed by atoms with Gasteiger partial charge in [-0.3, -0.25) is 18.7 Å². The third kappa shape index (κ3) is 6.48. The van der Waals surface area contributed by atoms with Crippen LogP contribution in [-0.4, -0.2) is 26.8 Å². The van der Waals surface area contributed by atoms with E-state index in [1.54, 1.807) is 30.3 Å². The third-order valence-corrected chi connectivity index (χ3v) is 5.75. The minimum absolute atomic E-state index is 0.0734. The molecule has 0 amide bonds. The summed E-state index contributed by atoms with van der Waals surface area (Å²) in [4.78, 5) is 36.8. The number of aryl methyl sites for hydroxylation is 1. The molecular formula is C25H25F4N3O4. The molecule has 1 heterocycles. The minimum Gasteiger partial charge on any atom is -0.481 e. The van der Waals surface area contributed by atoms with E-state index in [0.29, 0.717) is 6.42 Å². The average molecular weight is 507 g/mol. The zero-order valence-electron chi connectivity index (χ0n) is 19.4. The molecule has 0 fully saturated rings. The SMILES string of the molecule is Cc1cc(=O)n(CC(NCCCC(=O)O)c2ccccc2)c(=O)n1Cc1c(F)cccc1C(F)(F)F. The Morgan fingerprint density at radius 2 is 1.75 bits per heavy atom. The zero-order valence-corrected chi connectivity index (χ0v) is 19.4. The van der Waals surface area contributed by atoms with E-state index in [-0.39, 0.29) is 25.2 Å². The first kappa shape index (κ1) is 26.9. The van der Waals surface area contributed by atoms with E-state index >= 15 is 0 Å². The van der Waals surface area contributed by atoms with Gasteiger partial charge in [0.1, 0.15) is 5.82 Å². The summed E-state index contributed by atoms with van der Waals surface area (Å²) in [6.07, 6.45) is -4.60. The number of carboxylic acid groups (broad SMARTS) is 1. The monoisotopic (exact) mass is 507 g/mol. The highest BCUT2D eigenvalue weighted by Gasteiger charge is 2.34. The van der Waals surface area contributed by atoms with Gasteiger partial charge in [0, 0.05) is 23.7 Å². The van der Waals surface area contributed by atoms with E-state index in [9.17, 15) is 31.9 Å². The third-order valence-electron chi connectivity index (χ3n) is 5.75. The fourth-order valence-electron chi connectivity index (χ4n) is 3.90. The molecule has 3 aromatic rings. The molecular weight excluding hydrogens is 482 g/mol. The quantitative estimate of drug-likeness (QED) is 0.322. The lowest BCUT2D eigenvalue weighted by molar-refractivity contribution is -0.138. The van der Waals surface area contributed by atoms with Gasteiger partial charge in [-0.2, -0.15) is 13.2 Å². The molecule has 0 radical (unpaired) electrons. The number of nitrogens with one attached hydrogen (secondary N) is 1. The van der Waals surface area contributed by atoms with Gasteiger partial charge in [-0.1, -0.05) is 36.4 Å². The topological polar surface area (TPSA) is 93.3 Å². The van der Waals surface area contributed by atoms with E-state index in [2.05, 4.69) is 5.32 Å². The van der Waals surface area contributed by atoms with Crippen molar-refractivity contribution in [2.75, 3.05) is 6.54 Å². The maximum absolute atomic E-state index is 14.4. The van der Waals surface area contributed by atoms with Gasteiger partial charge < -0.3 is 10.4 Å². The van der Waals surface area contributed by atoms with Gasteiger partial charge in [-0.25, -0.2) is 9.18 Å². The van der Waals surface area contributed by atoms with Crippen molar-refractivity contribution in [2.24, 2.45) is 0 Å². The Hall–Kier alpha value is -3.73. The van der Waals surface area contributed by atoms with E-state index in [4.69, 9.17) is 5.11 Å². The maximum atomic E-state index is 14.4. The Kier molecular flexibility index (Phi) is 8.46. The molecule has 0 saturated heterocycles. The van der Waals surface area contributed by atoms with Crippen LogP contribution in [0.15, 0.2) is 64.2 Å². The van der Waals surface area contributed by atoms with Crippen molar-refractivity contribution in [3.05, 3.63) is 104 Å². The van der Waals surface area contributed by atoms with Crippen molar-refractivity contribution in [1.82, 2.24) is 14.5 Å². The molecule has 1 unspecified atom stereocenters. The molecule has 0 aliphatic carbocycles. The van der Waals surface area contributed by atoms with Gasteiger partial charge in [0.2, 0.25) is 0 Å². The van der Waals surface area contributed by atoms with Crippen molar-refractivity contribution in [1.29, 1.82) is 0 Å². The number of aromatic nitrogens is 2. The lowest BCUT2D eigenvalue weighted by Crippen LogP contribution is -2.43. The first-order valence-corrected chi connectivity index (χ1v) is 11.1. The van der Waals surface area contributed by atoms with Crippen LogP contribution >= 0.6 is 0 Å². The molecule has 2 N–H and O–H groups in total. The number of rotatable bonds is 10. The molecule has 11 heteroatoms. The second-order valence-corrected chi connectivity index (χ2v) is 8.28. The van der Waals surface area contributed by atoms with Crippen LogP contribution in [0.2, 0.25) is 0 Å². The molecule has 7 nitrogen and oxygen atoms in total. The summed E-state index contributed by atoms with van der Waals surface area (Å²) >= 11 is 0. The second-order valence-electron chi connectivity index (χ2n) is 8.28. The molecule has 1 aromatic heterocycles. The number of carbonyl (C=O) groups is 1. The first-order chi connectivity index (χ1) is 17.0. The Balaban J connectivity index is 2.00. The number of aliphatic carboxylic acids is 1. The Bertz CT molecular complexity index is 1330. The number of carboxylic acids is 1. The predicted molar refractivity (Wildman–Crippen MR) is 124 cm³/mol. The van der Waals surface area contributed by atoms with Gasteiger partial charge in [-0.15, -0.1) is 0 Å². The lowest BCUT2D eigenvalue weighted by atomic mass is 10.1. The van der Waals surface area contributed by atoms with Crippen LogP contribution in [0.4, 0.5) is 17.6 Å². The van der Waals surface area contributed by atoms with Gasteiger partial charge in [0.05, 0.1) is 24.7 Å². The summed E-state index contributed by atoms with van der Waals surface area (Å²) in [6, 6.07) is 11.9. The van der Waals surface area contributed by atoms with Crippen LogP contribution in [0.1, 0.15) is 41.3 Å². The van der Waals surface area contributed by atoms with Crippen molar-refractivity contribution in [2.45, 2.75) is 45.1 Å². The van der Waals surface area contributed by atoms with Gasteiger partial charge >= 0.3 is 17.8 Å². The molecule has 0 aliphatic heterocycles. The standard InChI is InChI=1S/C25H25F4N3O4/c1-16-13-22(33)32(15-21(17-7-3-2-4-8-17)30-12-6-11-23(34)35)24(36)31(16)14-18-19(25(27,28)29)9-5-10-20(18)26/h2-5,7-10,13,21,30H,6,11-12,14-15H2,1H3,(H,34,35). The Labute approximate surface area is 203 Å². The predicted octanol–water partition coefficient (Wildman–Crippen LogP) is 3.72. The van der Waals surface area contributed by atoms with E-state index in [0.717, 1.165) is 39.0 Å². The largest absolute Gasteiger partial charge is 0.481 e. The number of hydrogen-bond donors (Lipinski definition) is 2. The summed E-state index contributed by atoms with van der Waals surface area (Å²) in [5, 5.41) is 12.0. The van der Waals surface area contributed by atoms with Crippen molar-refractivity contribution >= 4 is 5.97 Å². The van der Waals surface area contributed by atoms with E-state index in [1.165, 1.54) is 6.92 Å².